The Hall–Kier alpha value is -1.94. The first-order valence-electron chi connectivity index (χ1n) is 10.7. The summed E-state index contributed by atoms with van der Waals surface area (Å²) < 4.78 is 5.83. The Morgan fingerprint density at radius 3 is 2.21 bits per heavy atom. The molecule has 29 heavy (non-hydrogen) atoms. The monoisotopic (exact) mass is 408 g/mol. The number of carboxylic acid groups (broad SMARTS) is 1. The maximum absolute atomic E-state index is 11.0. The number of benzene rings is 2. The van der Waals surface area contributed by atoms with Gasteiger partial charge in [0.15, 0.2) is 0 Å². The molecule has 4 saturated carbocycles. The van der Waals surface area contributed by atoms with Crippen LogP contribution in [0.15, 0.2) is 47.4 Å². The fourth-order valence-electron chi connectivity index (χ4n) is 6.56. The zero-order valence-electron chi connectivity index (χ0n) is 16.9. The summed E-state index contributed by atoms with van der Waals surface area (Å²) >= 11 is 1.76. The van der Waals surface area contributed by atoms with E-state index in [0.717, 1.165) is 34.2 Å². The number of methoxy groups -OCH3 is 1. The zero-order chi connectivity index (χ0) is 20.0. The maximum Gasteiger partial charge on any atom is 0.335 e. The minimum absolute atomic E-state index is 0.323. The smallest absolute Gasteiger partial charge is 0.335 e. The summed E-state index contributed by atoms with van der Waals surface area (Å²) in [5.74, 6) is 3.81. The van der Waals surface area contributed by atoms with Gasteiger partial charge in [0.1, 0.15) is 5.75 Å². The highest BCUT2D eigenvalue weighted by molar-refractivity contribution is 7.98. The summed E-state index contributed by atoms with van der Waals surface area (Å²) in [6, 6.07) is 13.9. The van der Waals surface area contributed by atoms with Crippen molar-refractivity contribution in [1.82, 2.24) is 0 Å². The van der Waals surface area contributed by atoms with Crippen molar-refractivity contribution in [2.24, 2.45) is 17.8 Å². The summed E-state index contributed by atoms with van der Waals surface area (Å²) in [7, 11) is 1.80. The average Bonchev–Trinajstić information content (AvgIpc) is 2.71. The fourth-order valence-corrected chi connectivity index (χ4v) is 7.40. The largest absolute Gasteiger partial charge is 0.496 e. The Morgan fingerprint density at radius 2 is 1.66 bits per heavy atom. The molecule has 0 amide bonds. The molecule has 4 heteroatoms. The number of ether oxygens (including phenoxy) is 1. The van der Waals surface area contributed by atoms with Crippen LogP contribution in [0.5, 0.6) is 5.75 Å². The Morgan fingerprint density at radius 1 is 1.03 bits per heavy atom. The van der Waals surface area contributed by atoms with Gasteiger partial charge in [-0.05, 0) is 97.6 Å². The molecule has 2 aromatic carbocycles. The molecule has 2 aromatic rings. The van der Waals surface area contributed by atoms with E-state index >= 15 is 0 Å². The number of aromatic carboxylic acids is 1. The molecule has 0 aromatic heterocycles. The topological polar surface area (TPSA) is 46.5 Å². The van der Waals surface area contributed by atoms with E-state index in [1.54, 1.807) is 31.0 Å². The Kier molecular flexibility index (Phi) is 4.85. The van der Waals surface area contributed by atoms with Crippen LogP contribution in [0.4, 0.5) is 0 Å². The molecule has 3 nitrogen and oxygen atoms in total. The van der Waals surface area contributed by atoms with Crippen LogP contribution in [0.1, 0.15) is 60.0 Å². The van der Waals surface area contributed by atoms with Gasteiger partial charge in [-0.15, -0.1) is 11.8 Å². The van der Waals surface area contributed by atoms with E-state index in [2.05, 4.69) is 18.2 Å². The summed E-state index contributed by atoms with van der Waals surface area (Å²) in [5, 5.41) is 9.06. The van der Waals surface area contributed by atoms with Crippen molar-refractivity contribution < 1.29 is 14.6 Å². The molecule has 0 aliphatic heterocycles. The van der Waals surface area contributed by atoms with Crippen LogP contribution in [-0.4, -0.2) is 18.2 Å². The maximum atomic E-state index is 11.0. The first kappa shape index (κ1) is 19.0. The second-order valence-corrected chi connectivity index (χ2v) is 10.4. The van der Waals surface area contributed by atoms with E-state index in [9.17, 15) is 4.79 Å². The minimum Gasteiger partial charge on any atom is -0.496 e. The first-order chi connectivity index (χ1) is 14.0. The van der Waals surface area contributed by atoms with Gasteiger partial charge in [-0.2, -0.15) is 0 Å². The van der Waals surface area contributed by atoms with Crippen molar-refractivity contribution in [3.05, 3.63) is 59.2 Å². The molecule has 0 spiro atoms. The van der Waals surface area contributed by atoms with Gasteiger partial charge in [-0.1, -0.05) is 12.1 Å². The molecule has 6 rings (SSSR count). The highest BCUT2D eigenvalue weighted by atomic mass is 32.2. The van der Waals surface area contributed by atoms with E-state index < -0.39 is 5.97 Å². The van der Waals surface area contributed by atoms with Crippen molar-refractivity contribution >= 4 is 17.7 Å². The molecule has 1 N–H and O–H groups in total. The molecule has 152 valence electrons. The molecular formula is C25H28O3S. The van der Waals surface area contributed by atoms with Crippen LogP contribution in [0.3, 0.4) is 0 Å². The lowest BCUT2D eigenvalue weighted by atomic mass is 9.48. The second-order valence-electron chi connectivity index (χ2n) is 9.35. The van der Waals surface area contributed by atoms with E-state index in [0.29, 0.717) is 11.0 Å². The summed E-state index contributed by atoms with van der Waals surface area (Å²) in [6.45, 7) is 0. The molecule has 4 bridgehead atoms. The van der Waals surface area contributed by atoms with Crippen LogP contribution in [0, 0.1) is 17.8 Å². The van der Waals surface area contributed by atoms with Crippen molar-refractivity contribution in [3.8, 4) is 5.75 Å². The number of hydrogen-bond acceptors (Lipinski definition) is 3. The highest BCUT2D eigenvalue weighted by Crippen LogP contribution is 2.62. The van der Waals surface area contributed by atoms with Gasteiger partial charge in [0.2, 0.25) is 0 Å². The van der Waals surface area contributed by atoms with E-state index in [1.807, 2.05) is 12.1 Å². The van der Waals surface area contributed by atoms with Crippen molar-refractivity contribution in [2.75, 3.05) is 7.11 Å². The third-order valence-corrected chi connectivity index (χ3v) is 8.46. The van der Waals surface area contributed by atoms with Gasteiger partial charge in [-0.3, -0.25) is 0 Å². The molecule has 4 fully saturated rings. The average molecular weight is 409 g/mol. The van der Waals surface area contributed by atoms with E-state index in [4.69, 9.17) is 9.84 Å². The SMILES string of the molecule is COc1ccc(CSc2ccc(C(=O)O)cc2)cc1C12CC3CC(CC(C3)C1)C2. The van der Waals surface area contributed by atoms with Crippen molar-refractivity contribution in [2.45, 2.75) is 54.6 Å². The van der Waals surface area contributed by atoms with Crippen LogP contribution in [0.25, 0.3) is 0 Å². The van der Waals surface area contributed by atoms with Gasteiger partial charge in [0.25, 0.3) is 0 Å². The molecular weight excluding hydrogens is 380 g/mol. The number of carboxylic acids is 1. The Balaban J connectivity index is 1.38. The van der Waals surface area contributed by atoms with Gasteiger partial charge in [0.05, 0.1) is 12.7 Å². The number of hydrogen-bond donors (Lipinski definition) is 1. The van der Waals surface area contributed by atoms with Crippen molar-refractivity contribution in [1.29, 1.82) is 0 Å². The molecule has 4 aliphatic rings. The minimum atomic E-state index is -0.878. The Bertz CT molecular complexity index is 883. The second kappa shape index (κ2) is 7.39. The first-order valence-corrected chi connectivity index (χ1v) is 11.7. The summed E-state index contributed by atoms with van der Waals surface area (Å²) in [5.41, 5.74) is 3.43. The normalized spacial score (nSPS) is 29.8. The Labute approximate surface area is 176 Å². The quantitative estimate of drug-likeness (QED) is 0.582. The third-order valence-electron chi connectivity index (χ3n) is 7.38. The summed E-state index contributed by atoms with van der Waals surface area (Å²) in [6.07, 6.45) is 8.35. The standard InChI is InChI=1S/C25H28O3S/c1-28-23-7-2-16(15-29-21-5-3-20(4-6-21)24(26)27)11-22(23)25-12-17-8-18(13-25)10-19(9-17)14-25/h2-7,11,17-19H,8-10,12-15H2,1H3,(H,26,27). The number of carbonyl (C=O) groups is 1. The predicted molar refractivity (Wildman–Crippen MR) is 116 cm³/mol. The lowest BCUT2D eigenvalue weighted by Gasteiger charge is -2.57. The van der Waals surface area contributed by atoms with Crippen molar-refractivity contribution in [3.63, 3.8) is 0 Å². The van der Waals surface area contributed by atoms with E-state index in [1.165, 1.54) is 49.7 Å². The number of thioether (sulfide) groups is 1. The molecule has 4 aliphatic carbocycles. The van der Waals surface area contributed by atoms with Crippen LogP contribution in [-0.2, 0) is 11.2 Å². The highest BCUT2D eigenvalue weighted by Gasteiger charge is 2.52. The molecule has 0 unspecified atom stereocenters. The van der Waals surface area contributed by atoms with Crippen LogP contribution in [0.2, 0.25) is 0 Å². The molecule has 0 saturated heterocycles. The van der Waals surface area contributed by atoms with E-state index in [-0.39, 0.29) is 0 Å². The van der Waals surface area contributed by atoms with Crippen LogP contribution >= 0.6 is 11.8 Å². The van der Waals surface area contributed by atoms with Gasteiger partial charge >= 0.3 is 5.97 Å². The molecule has 0 atom stereocenters. The fraction of sp³-hybridized carbons (Fsp3) is 0.480. The lowest BCUT2D eigenvalue weighted by molar-refractivity contribution is -0.00618. The third kappa shape index (κ3) is 3.56. The van der Waals surface area contributed by atoms with Gasteiger partial charge in [-0.25, -0.2) is 4.79 Å². The zero-order valence-corrected chi connectivity index (χ0v) is 17.7. The van der Waals surface area contributed by atoms with Gasteiger partial charge in [0, 0.05) is 16.2 Å². The molecule has 0 heterocycles. The van der Waals surface area contributed by atoms with Crippen LogP contribution < -0.4 is 4.74 Å². The lowest BCUT2D eigenvalue weighted by Crippen LogP contribution is -2.48. The summed E-state index contributed by atoms with van der Waals surface area (Å²) in [4.78, 5) is 12.1. The predicted octanol–water partition coefficient (Wildman–Crippen LogP) is 6.15. The number of rotatable bonds is 6. The van der Waals surface area contributed by atoms with Gasteiger partial charge < -0.3 is 9.84 Å². The molecule has 0 radical (unpaired) electrons.